The second-order valence-corrected chi connectivity index (χ2v) is 5.46. The molecule has 1 atom stereocenters. The Labute approximate surface area is 128 Å². The minimum atomic E-state index is -0.354. The second-order valence-electron chi connectivity index (χ2n) is 5.46. The zero-order valence-corrected chi connectivity index (χ0v) is 12.7. The molecule has 3 aromatic rings. The molecule has 0 radical (unpaired) electrons. The van der Waals surface area contributed by atoms with E-state index in [0.717, 1.165) is 11.9 Å². The number of hydrogen-bond donors (Lipinski definition) is 2. The van der Waals surface area contributed by atoms with Crippen LogP contribution in [0, 0.1) is 6.92 Å². The summed E-state index contributed by atoms with van der Waals surface area (Å²) in [6, 6.07) is 6.00. The smallest absolute Gasteiger partial charge is 0.244 e. The first-order chi connectivity index (χ1) is 10.6. The van der Waals surface area contributed by atoms with Crippen LogP contribution in [0.3, 0.4) is 0 Å². The Morgan fingerprint density at radius 2 is 2.32 bits per heavy atom. The summed E-state index contributed by atoms with van der Waals surface area (Å²) < 4.78 is 1.55. The maximum atomic E-state index is 12.1. The summed E-state index contributed by atoms with van der Waals surface area (Å²) in [6.07, 6.45) is 5.78. The second kappa shape index (κ2) is 6.01. The van der Waals surface area contributed by atoms with Gasteiger partial charge in [0, 0.05) is 23.6 Å². The predicted molar refractivity (Wildman–Crippen MR) is 84.5 cm³/mol. The van der Waals surface area contributed by atoms with Crippen LogP contribution in [0.1, 0.15) is 24.1 Å². The van der Waals surface area contributed by atoms with Crippen molar-refractivity contribution in [1.29, 1.82) is 0 Å². The lowest BCUT2D eigenvalue weighted by Gasteiger charge is -2.11. The SMILES string of the molecule is Cc1ccc2c(CCNC(=O)[C@@H](C)n3cncn3)c[nH]c2c1. The molecule has 0 aliphatic heterocycles. The zero-order valence-electron chi connectivity index (χ0n) is 12.7. The van der Waals surface area contributed by atoms with Gasteiger partial charge in [-0.3, -0.25) is 4.79 Å². The molecule has 0 saturated heterocycles. The Kier molecular flexibility index (Phi) is 3.91. The molecular weight excluding hydrogens is 278 g/mol. The van der Waals surface area contributed by atoms with Crippen LogP contribution in [-0.2, 0) is 11.2 Å². The molecule has 0 saturated carbocycles. The van der Waals surface area contributed by atoms with E-state index in [-0.39, 0.29) is 11.9 Å². The van der Waals surface area contributed by atoms with Crippen molar-refractivity contribution in [3.05, 3.63) is 48.2 Å². The van der Waals surface area contributed by atoms with Crippen molar-refractivity contribution >= 4 is 16.8 Å². The lowest BCUT2D eigenvalue weighted by atomic mass is 10.1. The minimum absolute atomic E-state index is 0.0545. The van der Waals surface area contributed by atoms with Gasteiger partial charge in [-0.15, -0.1) is 0 Å². The maximum Gasteiger partial charge on any atom is 0.244 e. The van der Waals surface area contributed by atoms with Crippen molar-refractivity contribution in [3.8, 4) is 0 Å². The van der Waals surface area contributed by atoms with Gasteiger partial charge in [-0.05, 0) is 37.5 Å². The summed E-state index contributed by atoms with van der Waals surface area (Å²) in [5, 5.41) is 8.14. The number of amides is 1. The van der Waals surface area contributed by atoms with Gasteiger partial charge in [-0.2, -0.15) is 5.10 Å². The van der Waals surface area contributed by atoms with E-state index in [2.05, 4.69) is 45.5 Å². The van der Waals surface area contributed by atoms with Crippen LogP contribution < -0.4 is 5.32 Å². The van der Waals surface area contributed by atoms with E-state index in [1.54, 1.807) is 17.9 Å². The average Bonchev–Trinajstić information content (AvgIpc) is 3.16. The van der Waals surface area contributed by atoms with Crippen molar-refractivity contribution < 1.29 is 4.79 Å². The fraction of sp³-hybridized carbons (Fsp3) is 0.312. The normalized spacial score (nSPS) is 12.5. The first-order valence-electron chi connectivity index (χ1n) is 7.33. The van der Waals surface area contributed by atoms with Crippen LogP contribution in [0.5, 0.6) is 0 Å². The van der Waals surface area contributed by atoms with Crippen molar-refractivity contribution in [3.63, 3.8) is 0 Å². The van der Waals surface area contributed by atoms with Gasteiger partial charge in [0.1, 0.15) is 18.7 Å². The number of nitrogens with one attached hydrogen (secondary N) is 2. The Morgan fingerprint density at radius 3 is 3.09 bits per heavy atom. The molecule has 0 aliphatic rings. The molecule has 0 unspecified atom stereocenters. The summed E-state index contributed by atoms with van der Waals surface area (Å²) in [4.78, 5) is 19.2. The lowest BCUT2D eigenvalue weighted by Crippen LogP contribution is -2.32. The summed E-state index contributed by atoms with van der Waals surface area (Å²) in [7, 11) is 0. The van der Waals surface area contributed by atoms with E-state index < -0.39 is 0 Å². The molecule has 6 heteroatoms. The molecular formula is C16H19N5O. The van der Waals surface area contributed by atoms with Gasteiger partial charge in [0.05, 0.1) is 0 Å². The molecule has 0 bridgehead atoms. The number of fused-ring (bicyclic) bond motifs is 1. The number of carbonyl (C=O) groups is 1. The van der Waals surface area contributed by atoms with Crippen molar-refractivity contribution in [1.82, 2.24) is 25.1 Å². The molecule has 6 nitrogen and oxygen atoms in total. The van der Waals surface area contributed by atoms with Gasteiger partial charge in [-0.1, -0.05) is 12.1 Å². The summed E-state index contributed by atoms with van der Waals surface area (Å²) >= 11 is 0. The fourth-order valence-corrected chi connectivity index (χ4v) is 2.51. The third-order valence-electron chi connectivity index (χ3n) is 3.83. The first-order valence-corrected chi connectivity index (χ1v) is 7.33. The number of aromatic amines is 1. The van der Waals surface area contributed by atoms with E-state index in [1.165, 1.54) is 22.8 Å². The number of aryl methyl sites for hydroxylation is 1. The number of H-pyrrole nitrogens is 1. The van der Waals surface area contributed by atoms with Gasteiger partial charge in [0.2, 0.25) is 5.91 Å². The molecule has 3 rings (SSSR count). The summed E-state index contributed by atoms with van der Waals surface area (Å²) in [5.41, 5.74) is 3.58. The fourth-order valence-electron chi connectivity index (χ4n) is 2.51. The molecule has 114 valence electrons. The molecule has 22 heavy (non-hydrogen) atoms. The van der Waals surface area contributed by atoms with Gasteiger partial charge in [0.25, 0.3) is 0 Å². The highest BCUT2D eigenvalue weighted by Gasteiger charge is 2.14. The molecule has 0 fully saturated rings. The minimum Gasteiger partial charge on any atom is -0.361 e. The number of hydrogen-bond acceptors (Lipinski definition) is 3. The Balaban J connectivity index is 1.59. The van der Waals surface area contributed by atoms with Gasteiger partial charge in [0.15, 0.2) is 0 Å². The molecule has 1 aromatic carbocycles. The van der Waals surface area contributed by atoms with E-state index >= 15 is 0 Å². The van der Waals surface area contributed by atoms with Crippen molar-refractivity contribution in [2.45, 2.75) is 26.3 Å². The molecule has 2 heterocycles. The summed E-state index contributed by atoms with van der Waals surface area (Å²) in [6.45, 7) is 4.48. The number of nitrogens with zero attached hydrogens (tertiary/aromatic N) is 3. The molecule has 0 aliphatic carbocycles. The van der Waals surface area contributed by atoms with E-state index in [1.807, 2.05) is 6.20 Å². The third kappa shape index (κ3) is 2.86. The quantitative estimate of drug-likeness (QED) is 0.756. The zero-order chi connectivity index (χ0) is 15.5. The molecule has 0 spiro atoms. The van der Waals surface area contributed by atoms with Crippen LogP contribution in [0.2, 0.25) is 0 Å². The monoisotopic (exact) mass is 297 g/mol. The van der Waals surface area contributed by atoms with Gasteiger partial charge in [-0.25, -0.2) is 9.67 Å². The third-order valence-corrected chi connectivity index (χ3v) is 3.83. The molecule has 2 aromatic heterocycles. The van der Waals surface area contributed by atoms with E-state index in [4.69, 9.17) is 0 Å². The maximum absolute atomic E-state index is 12.1. The van der Waals surface area contributed by atoms with Crippen LogP contribution in [0.25, 0.3) is 10.9 Å². The number of rotatable bonds is 5. The van der Waals surface area contributed by atoms with Crippen molar-refractivity contribution in [2.75, 3.05) is 6.54 Å². The molecule has 2 N–H and O–H groups in total. The highest BCUT2D eigenvalue weighted by atomic mass is 16.2. The Morgan fingerprint density at radius 1 is 1.45 bits per heavy atom. The van der Waals surface area contributed by atoms with Crippen LogP contribution in [0.4, 0.5) is 0 Å². The highest BCUT2D eigenvalue weighted by Crippen LogP contribution is 2.19. The highest BCUT2D eigenvalue weighted by molar-refractivity contribution is 5.84. The van der Waals surface area contributed by atoms with Crippen LogP contribution in [-0.4, -0.2) is 32.2 Å². The van der Waals surface area contributed by atoms with E-state index in [0.29, 0.717) is 6.54 Å². The number of benzene rings is 1. The Hall–Kier alpha value is -2.63. The predicted octanol–water partition coefficient (Wildman–Crippen LogP) is 1.99. The van der Waals surface area contributed by atoms with Gasteiger partial charge >= 0.3 is 0 Å². The van der Waals surface area contributed by atoms with Crippen molar-refractivity contribution in [2.24, 2.45) is 0 Å². The lowest BCUT2D eigenvalue weighted by molar-refractivity contribution is -0.124. The van der Waals surface area contributed by atoms with Crippen LogP contribution in [0.15, 0.2) is 37.1 Å². The van der Waals surface area contributed by atoms with Crippen LogP contribution >= 0.6 is 0 Å². The topological polar surface area (TPSA) is 75.6 Å². The largest absolute Gasteiger partial charge is 0.361 e. The number of carbonyl (C=O) groups excluding carboxylic acids is 1. The average molecular weight is 297 g/mol. The standard InChI is InChI=1S/C16H19N5O/c1-11-3-4-14-13(8-19-15(14)7-11)5-6-18-16(22)12(2)21-10-17-9-20-21/h3-4,7-10,12,19H,5-6H2,1-2H3,(H,18,22)/t12-/m1/s1. The Bertz CT molecular complexity index is 775. The van der Waals surface area contributed by atoms with E-state index in [9.17, 15) is 4.79 Å². The van der Waals surface area contributed by atoms with Gasteiger partial charge < -0.3 is 10.3 Å². The summed E-state index contributed by atoms with van der Waals surface area (Å²) in [5.74, 6) is -0.0545. The number of aromatic nitrogens is 4. The first kappa shape index (κ1) is 14.3. The molecule has 1 amide bonds.